The number of nitrogens with one attached hydrogen (secondary N) is 1. The quantitative estimate of drug-likeness (QED) is 0.702. The van der Waals surface area contributed by atoms with Crippen LogP contribution in [0, 0.1) is 0 Å². The van der Waals surface area contributed by atoms with Gasteiger partial charge in [-0.2, -0.15) is 0 Å². The summed E-state index contributed by atoms with van der Waals surface area (Å²) >= 11 is 5.85. The summed E-state index contributed by atoms with van der Waals surface area (Å²) in [5, 5.41) is 10.4. The highest BCUT2D eigenvalue weighted by molar-refractivity contribution is 7.89. The molecular formula is C17H14ClNO5S. The van der Waals surface area contributed by atoms with E-state index >= 15 is 0 Å². The average molecular weight is 380 g/mol. The molecule has 0 spiro atoms. The Morgan fingerprint density at radius 2 is 2.00 bits per heavy atom. The molecule has 1 atom stereocenters. The predicted octanol–water partition coefficient (Wildman–Crippen LogP) is 3.82. The van der Waals surface area contributed by atoms with Crippen molar-refractivity contribution in [1.29, 1.82) is 0 Å². The monoisotopic (exact) mass is 379 g/mol. The maximum atomic E-state index is 12.5. The zero-order valence-electron chi connectivity index (χ0n) is 13.1. The average Bonchev–Trinajstić information content (AvgIpc) is 2.97. The molecule has 0 aliphatic rings. The van der Waals surface area contributed by atoms with Gasteiger partial charge >= 0.3 is 5.97 Å². The van der Waals surface area contributed by atoms with E-state index in [1.807, 2.05) is 0 Å². The number of fused-ring (bicyclic) bond motifs is 1. The SMILES string of the molecule is CC(NS(=O)(=O)c1cccc(Cl)c1)c1ccc2c(C(=O)O)occ2c1. The van der Waals surface area contributed by atoms with Gasteiger partial charge in [-0.05, 0) is 42.8 Å². The smallest absolute Gasteiger partial charge is 0.372 e. The fourth-order valence-corrected chi connectivity index (χ4v) is 4.04. The molecule has 2 aromatic carbocycles. The van der Waals surface area contributed by atoms with Crippen molar-refractivity contribution < 1.29 is 22.7 Å². The lowest BCUT2D eigenvalue weighted by atomic mass is 10.1. The molecule has 0 saturated heterocycles. The second kappa shape index (κ2) is 6.51. The van der Waals surface area contributed by atoms with E-state index in [0.717, 1.165) is 0 Å². The Hall–Kier alpha value is -2.35. The molecule has 1 unspecified atom stereocenters. The lowest BCUT2D eigenvalue weighted by Gasteiger charge is -2.15. The molecule has 8 heteroatoms. The molecular weight excluding hydrogens is 366 g/mol. The number of halogens is 1. The lowest BCUT2D eigenvalue weighted by Crippen LogP contribution is -2.26. The summed E-state index contributed by atoms with van der Waals surface area (Å²) in [6, 6.07) is 10.4. The standard InChI is InChI=1S/C17H14ClNO5S/c1-10(19-25(22,23)14-4-2-3-13(18)8-14)11-5-6-15-12(7-11)9-24-16(15)17(20)21/h2-10,19H,1H3,(H,20,21). The number of carboxylic acids is 1. The van der Waals surface area contributed by atoms with Crippen LogP contribution in [0.25, 0.3) is 10.8 Å². The van der Waals surface area contributed by atoms with Crippen molar-refractivity contribution in [3.05, 3.63) is 65.1 Å². The number of furan rings is 1. The molecule has 2 N–H and O–H groups in total. The van der Waals surface area contributed by atoms with E-state index in [9.17, 15) is 13.2 Å². The number of rotatable bonds is 5. The minimum absolute atomic E-state index is 0.0735. The number of hydrogen-bond donors (Lipinski definition) is 2. The highest BCUT2D eigenvalue weighted by Gasteiger charge is 2.20. The first kappa shape index (κ1) is 17.5. The summed E-state index contributed by atoms with van der Waals surface area (Å²) in [7, 11) is -3.74. The van der Waals surface area contributed by atoms with Gasteiger partial charge in [-0.3, -0.25) is 0 Å². The van der Waals surface area contributed by atoms with Gasteiger partial charge in [0, 0.05) is 21.8 Å². The van der Waals surface area contributed by atoms with Crippen LogP contribution in [-0.2, 0) is 10.0 Å². The number of carboxylic acid groups (broad SMARTS) is 1. The van der Waals surface area contributed by atoms with E-state index < -0.39 is 22.0 Å². The first-order valence-electron chi connectivity index (χ1n) is 7.30. The highest BCUT2D eigenvalue weighted by atomic mass is 35.5. The molecule has 0 aliphatic carbocycles. The minimum Gasteiger partial charge on any atom is -0.475 e. The number of aromatic carboxylic acids is 1. The van der Waals surface area contributed by atoms with E-state index in [0.29, 0.717) is 21.4 Å². The number of carbonyl (C=O) groups is 1. The second-order valence-electron chi connectivity index (χ2n) is 5.52. The van der Waals surface area contributed by atoms with Gasteiger partial charge in [0.15, 0.2) is 0 Å². The van der Waals surface area contributed by atoms with Gasteiger partial charge in [0.05, 0.1) is 11.2 Å². The van der Waals surface area contributed by atoms with Crippen LogP contribution in [-0.4, -0.2) is 19.5 Å². The van der Waals surface area contributed by atoms with Crippen molar-refractivity contribution >= 4 is 38.4 Å². The third-order valence-corrected chi connectivity index (χ3v) is 5.53. The first-order valence-corrected chi connectivity index (χ1v) is 9.16. The summed E-state index contributed by atoms with van der Waals surface area (Å²) in [5.74, 6) is -1.30. The Bertz CT molecular complexity index is 1060. The summed E-state index contributed by atoms with van der Waals surface area (Å²) in [5.41, 5.74) is 0.677. The van der Waals surface area contributed by atoms with Crippen LogP contribution >= 0.6 is 11.6 Å². The lowest BCUT2D eigenvalue weighted by molar-refractivity contribution is 0.0665. The highest BCUT2D eigenvalue weighted by Crippen LogP contribution is 2.26. The molecule has 1 heterocycles. The molecule has 0 amide bonds. The van der Waals surface area contributed by atoms with Crippen LogP contribution in [0.5, 0.6) is 0 Å². The molecule has 25 heavy (non-hydrogen) atoms. The van der Waals surface area contributed by atoms with Crippen LogP contribution in [0.1, 0.15) is 29.1 Å². The molecule has 130 valence electrons. The summed E-state index contributed by atoms with van der Waals surface area (Å²) in [4.78, 5) is 11.1. The van der Waals surface area contributed by atoms with Gasteiger partial charge in [-0.15, -0.1) is 0 Å². The van der Waals surface area contributed by atoms with Crippen LogP contribution < -0.4 is 4.72 Å². The Kier molecular flexibility index (Phi) is 4.55. The van der Waals surface area contributed by atoms with Gasteiger partial charge in [0.25, 0.3) is 0 Å². The number of benzene rings is 2. The normalized spacial score (nSPS) is 13.0. The molecule has 3 rings (SSSR count). The van der Waals surface area contributed by atoms with E-state index in [4.69, 9.17) is 21.1 Å². The molecule has 0 aliphatic heterocycles. The molecule has 6 nitrogen and oxygen atoms in total. The van der Waals surface area contributed by atoms with E-state index in [-0.39, 0.29) is 10.7 Å². The summed E-state index contributed by atoms with van der Waals surface area (Å²) in [6.45, 7) is 1.70. The Balaban J connectivity index is 1.89. The van der Waals surface area contributed by atoms with Crippen molar-refractivity contribution in [3.8, 4) is 0 Å². The first-order chi connectivity index (χ1) is 11.8. The van der Waals surface area contributed by atoms with Gasteiger partial charge in [0.1, 0.15) is 0 Å². The van der Waals surface area contributed by atoms with E-state index in [1.54, 1.807) is 37.3 Å². The second-order valence-corrected chi connectivity index (χ2v) is 7.67. The number of sulfonamides is 1. The van der Waals surface area contributed by atoms with Gasteiger partial charge in [-0.25, -0.2) is 17.9 Å². The largest absolute Gasteiger partial charge is 0.475 e. The molecule has 3 aromatic rings. The Morgan fingerprint density at radius 3 is 2.68 bits per heavy atom. The summed E-state index contributed by atoms with van der Waals surface area (Å²) in [6.07, 6.45) is 1.33. The third-order valence-electron chi connectivity index (χ3n) is 3.76. The molecule has 1 aromatic heterocycles. The van der Waals surface area contributed by atoms with Gasteiger partial charge in [-0.1, -0.05) is 23.7 Å². The van der Waals surface area contributed by atoms with Crippen molar-refractivity contribution in [2.75, 3.05) is 0 Å². The number of hydrogen-bond acceptors (Lipinski definition) is 4. The van der Waals surface area contributed by atoms with E-state index in [1.165, 1.54) is 18.4 Å². The zero-order chi connectivity index (χ0) is 18.2. The predicted molar refractivity (Wildman–Crippen MR) is 93.4 cm³/mol. The van der Waals surface area contributed by atoms with Crippen molar-refractivity contribution in [3.63, 3.8) is 0 Å². The molecule has 0 fully saturated rings. The molecule has 0 bridgehead atoms. The zero-order valence-corrected chi connectivity index (χ0v) is 14.6. The van der Waals surface area contributed by atoms with Crippen LogP contribution in [0.3, 0.4) is 0 Å². The van der Waals surface area contributed by atoms with Crippen molar-refractivity contribution in [1.82, 2.24) is 4.72 Å². The van der Waals surface area contributed by atoms with Crippen molar-refractivity contribution in [2.45, 2.75) is 17.9 Å². The van der Waals surface area contributed by atoms with Crippen molar-refractivity contribution in [2.24, 2.45) is 0 Å². The fourth-order valence-electron chi connectivity index (χ4n) is 2.51. The Morgan fingerprint density at radius 1 is 1.24 bits per heavy atom. The van der Waals surface area contributed by atoms with Gasteiger partial charge < -0.3 is 9.52 Å². The topological polar surface area (TPSA) is 96.6 Å². The van der Waals surface area contributed by atoms with E-state index in [2.05, 4.69) is 4.72 Å². The Labute approximate surface area is 149 Å². The minimum atomic E-state index is -3.74. The van der Waals surface area contributed by atoms with Crippen LogP contribution in [0.4, 0.5) is 0 Å². The maximum Gasteiger partial charge on any atom is 0.372 e. The molecule has 0 radical (unpaired) electrons. The van der Waals surface area contributed by atoms with Crippen LogP contribution in [0.15, 0.2) is 58.0 Å². The fraction of sp³-hybridized carbons (Fsp3) is 0.118. The maximum absolute atomic E-state index is 12.5. The van der Waals surface area contributed by atoms with Gasteiger partial charge in [0.2, 0.25) is 15.8 Å². The summed E-state index contributed by atoms with van der Waals surface area (Å²) < 4.78 is 32.5. The third kappa shape index (κ3) is 3.53. The molecule has 0 saturated carbocycles. The van der Waals surface area contributed by atoms with Crippen LogP contribution in [0.2, 0.25) is 5.02 Å².